The molecule has 7 heteroatoms. The van der Waals surface area contributed by atoms with Gasteiger partial charge >= 0.3 is 0 Å². The summed E-state index contributed by atoms with van der Waals surface area (Å²) in [6, 6.07) is 18.4. The lowest BCUT2D eigenvalue weighted by molar-refractivity contribution is 0.0926. The van der Waals surface area contributed by atoms with E-state index in [0.29, 0.717) is 26.9 Å². The molecule has 1 saturated carbocycles. The first kappa shape index (κ1) is 22.4. The topological polar surface area (TPSA) is 71.1 Å². The first-order valence-electron chi connectivity index (χ1n) is 10.7. The largest absolute Gasteiger partial charge is 0.349 e. The van der Waals surface area contributed by atoms with Gasteiger partial charge in [0, 0.05) is 22.8 Å². The second-order valence-corrected chi connectivity index (χ2v) is 9.20. The summed E-state index contributed by atoms with van der Waals surface area (Å²) in [6.45, 7) is 0. The highest BCUT2D eigenvalue weighted by Crippen LogP contribution is 2.29. The van der Waals surface area contributed by atoms with E-state index in [1.165, 1.54) is 18.2 Å². The lowest BCUT2D eigenvalue weighted by Crippen LogP contribution is -2.36. The van der Waals surface area contributed by atoms with Crippen LogP contribution in [0, 0.1) is 0 Å². The number of pyridine rings is 1. The van der Waals surface area contributed by atoms with Crippen LogP contribution in [0.1, 0.15) is 52.8 Å². The van der Waals surface area contributed by atoms with E-state index in [9.17, 15) is 9.59 Å². The smallest absolute Gasteiger partial charge is 0.258 e. The minimum atomic E-state index is -0.294. The molecule has 1 heterocycles. The van der Waals surface area contributed by atoms with Crippen LogP contribution in [-0.2, 0) is 0 Å². The van der Waals surface area contributed by atoms with Crippen LogP contribution in [-0.4, -0.2) is 22.8 Å². The van der Waals surface area contributed by atoms with Crippen LogP contribution in [0.15, 0.2) is 76.8 Å². The molecule has 2 N–H and O–H groups in total. The minimum Gasteiger partial charge on any atom is -0.349 e. The lowest BCUT2D eigenvalue weighted by atomic mass is 9.95. The summed E-state index contributed by atoms with van der Waals surface area (Å²) in [6.07, 6.45) is 7.11. The van der Waals surface area contributed by atoms with Crippen LogP contribution >= 0.6 is 23.4 Å². The highest BCUT2D eigenvalue weighted by molar-refractivity contribution is 7.99. The Balaban J connectivity index is 1.49. The third kappa shape index (κ3) is 5.69. The van der Waals surface area contributed by atoms with E-state index >= 15 is 0 Å². The fraction of sp³-hybridized carbons (Fsp3) is 0.240. The van der Waals surface area contributed by atoms with Gasteiger partial charge in [0.25, 0.3) is 11.8 Å². The van der Waals surface area contributed by atoms with Crippen molar-refractivity contribution in [2.24, 2.45) is 0 Å². The van der Waals surface area contributed by atoms with Crippen molar-refractivity contribution in [3.63, 3.8) is 0 Å². The number of carbonyl (C=O) groups is 2. The molecular weight excluding hydrogens is 442 g/mol. The highest BCUT2D eigenvalue weighted by atomic mass is 35.5. The number of hydrogen-bond donors (Lipinski definition) is 2. The standard InChI is InChI=1S/C25H24ClN3O2S/c26-22-14-13-18(16-21(22)24(31)28-17-8-3-1-4-9-17)29-23(30)20-12-7-15-27-25(20)32-19-10-5-2-6-11-19/h2,5-7,10-17H,1,3-4,8-9H2,(H,28,31)(H,29,30). The van der Waals surface area contributed by atoms with Crippen molar-refractivity contribution < 1.29 is 9.59 Å². The Morgan fingerprint density at radius 3 is 2.47 bits per heavy atom. The fourth-order valence-electron chi connectivity index (χ4n) is 3.73. The predicted molar refractivity (Wildman–Crippen MR) is 129 cm³/mol. The second kappa shape index (κ2) is 10.7. The quantitative estimate of drug-likeness (QED) is 0.454. The zero-order chi connectivity index (χ0) is 22.3. The average molecular weight is 466 g/mol. The summed E-state index contributed by atoms with van der Waals surface area (Å²) < 4.78 is 0. The van der Waals surface area contributed by atoms with Gasteiger partial charge in [-0.3, -0.25) is 9.59 Å². The average Bonchev–Trinajstić information content (AvgIpc) is 2.82. The van der Waals surface area contributed by atoms with Crippen LogP contribution in [0.3, 0.4) is 0 Å². The van der Waals surface area contributed by atoms with Gasteiger partial charge in [0.2, 0.25) is 0 Å². The predicted octanol–water partition coefficient (Wildman–Crippen LogP) is 6.20. The number of nitrogens with zero attached hydrogens (tertiary/aromatic N) is 1. The summed E-state index contributed by atoms with van der Waals surface area (Å²) in [4.78, 5) is 31.2. The highest BCUT2D eigenvalue weighted by Gasteiger charge is 2.20. The van der Waals surface area contributed by atoms with Gasteiger partial charge in [0.15, 0.2) is 0 Å². The number of halogens is 1. The second-order valence-electron chi connectivity index (χ2n) is 7.73. The molecule has 32 heavy (non-hydrogen) atoms. The van der Waals surface area contributed by atoms with E-state index < -0.39 is 0 Å². The maximum atomic E-state index is 13.0. The van der Waals surface area contributed by atoms with Crippen LogP contribution in [0.2, 0.25) is 5.02 Å². The van der Waals surface area contributed by atoms with E-state index in [1.54, 1.807) is 36.5 Å². The molecule has 4 rings (SSSR count). The van der Waals surface area contributed by atoms with Gasteiger partial charge in [-0.25, -0.2) is 4.98 Å². The molecule has 1 aliphatic carbocycles. The number of hydrogen-bond acceptors (Lipinski definition) is 4. The summed E-state index contributed by atoms with van der Waals surface area (Å²) >= 11 is 7.72. The van der Waals surface area contributed by atoms with Gasteiger partial charge in [-0.15, -0.1) is 0 Å². The molecule has 164 valence electrons. The van der Waals surface area contributed by atoms with Crippen molar-refractivity contribution in [1.29, 1.82) is 0 Å². The van der Waals surface area contributed by atoms with Crippen molar-refractivity contribution in [2.45, 2.75) is 48.1 Å². The molecular formula is C25H24ClN3O2S. The molecule has 0 unspecified atom stereocenters. The van der Waals surface area contributed by atoms with Crippen molar-refractivity contribution in [2.75, 3.05) is 5.32 Å². The Morgan fingerprint density at radius 2 is 1.69 bits per heavy atom. The molecule has 5 nitrogen and oxygen atoms in total. The van der Waals surface area contributed by atoms with Gasteiger partial charge in [-0.05, 0) is 55.3 Å². The summed E-state index contributed by atoms with van der Waals surface area (Å²) in [5.41, 5.74) is 1.33. The molecule has 1 fully saturated rings. The molecule has 2 aromatic carbocycles. The van der Waals surface area contributed by atoms with E-state index in [2.05, 4.69) is 15.6 Å². The number of aromatic nitrogens is 1. The summed E-state index contributed by atoms with van der Waals surface area (Å²) in [7, 11) is 0. The first-order chi connectivity index (χ1) is 15.6. The molecule has 0 spiro atoms. The van der Waals surface area contributed by atoms with E-state index in [1.807, 2.05) is 30.3 Å². The Hall–Kier alpha value is -2.83. The van der Waals surface area contributed by atoms with E-state index in [0.717, 1.165) is 30.6 Å². The molecule has 0 aliphatic heterocycles. The zero-order valence-corrected chi connectivity index (χ0v) is 19.1. The van der Waals surface area contributed by atoms with Gasteiger partial charge in [0.1, 0.15) is 5.03 Å². The Bertz CT molecular complexity index is 1100. The third-order valence-corrected chi connectivity index (χ3v) is 6.74. The van der Waals surface area contributed by atoms with Crippen LogP contribution in [0.5, 0.6) is 0 Å². The third-order valence-electron chi connectivity index (χ3n) is 5.38. The fourth-order valence-corrected chi connectivity index (χ4v) is 4.83. The molecule has 0 atom stereocenters. The van der Waals surface area contributed by atoms with Crippen LogP contribution < -0.4 is 10.6 Å². The molecule has 2 amide bonds. The molecule has 0 saturated heterocycles. The molecule has 0 radical (unpaired) electrons. The number of amides is 2. The number of rotatable bonds is 6. The minimum absolute atomic E-state index is 0.179. The molecule has 1 aromatic heterocycles. The van der Waals surface area contributed by atoms with Crippen LogP contribution in [0.25, 0.3) is 0 Å². The Morgan fingerprint density at radius 1 is 0.906 bits per heavy atom. The monoisotopic (exact) mass is 465 g/mol. The molecule has 3 aromatic rings. The summed E-state index contributed by atoms with van der Waals surface area (Å²) in [5, 5.41) is 6.93. The number of nitrogens with one attached hydrogen (secondary N) is 2. The number of anilines is 1. The number of benzene rings is 2. The maximum absolute atomic E-state index is 13.0. The van der Waals surface area contributed by atoms with Crippen LogP contribution in [0.4, 0.5) is 5.69 Å². The van der Waals surface area contributed by atoms with Crippen molar-refractivity contribution in [3.05, 3.63) is 83.0 Å². The van der Waals surface area contributed by atoms with Crippen molar-refractivity contribution >= 4 is 40.9 Å². The Kier molecular flexibility index (Phi) is 7.45. The lowest BCUT2D eigenvalue weighted by Gasteiger charge is -2.23. The van der Waals surface area contributed by atoms with E-state index in [4.69, 9.17) is 11.6 Å². The van der Waals surface area contributed by atoms with E-state index in [-0.39, 0.29) is 17.9 Å². The molecule has 1 aliphatic rings. The zero-order valence-electron chi connectivity index (χ0n) is 17.5. The van der Waals surface area contributed by atoms with Crippen molar-refractivity contribution in [1.82, 2.24) is 10.3 Å². The van der Waals surface area contributed by atoms with Gasteiger partial charge < -0.3 is 10.6 Å². The normalized spacial score (nSPS) is 14.0. The van der Waals surface area contributed by atoms with Crippen molar-refractivity contribution in [3.8, 4) is 0 Å². The maximum Gasteiger partial charge on any atom is 0.258 e. The van der Waals surface area contributed by atoms with Gasteiger partial charge in [-0.1, -0.05) is 60.8 Å². The SMILES string of the molecule is O=C(NC1CCCCC1)c1cc(NC(=O)c2cccnc2Sc2ccccc2)ccc1Cl. The van der Waals surface area contributed by atoms with Gasteiger partial charge in [-0.2, -0.15) is 0 Å². The Labute approximate surface area is 197 Å². The van der Waals surface area contributed by atoms with Gasteiger partial charge in [0.05, 0.1) is 16.1 Å². The first-order valence-corrected chi connectivity index (χ1v) is 11.9. The molecule has 0 bridgehead atoms. The number of carbonyl (C=O) groups excluding carboxylic acids is 2. The summed E-state index contributed by atoms with van der Waals surface area (Å²) in [5.74, 6) is -0.503.